The molecule has 0 fully saturated rings. The number of rotatable bonds is 5. The lowest BCUT2D eigenvalue weighted by Gasteiger charge is -2.22. The third kappa shape index (κ3) is 3.04. The summed E-state index contributed by atoms with van der Waals surface area (Å²) in [5.74, 6) is 0. The third-order valence-corrected chi connectivity index (χ3v) is 2.87. The fraction of sp³-hybridized carbons (Fsp3) is 0.538. The van der Waals surface area contributed by atoms with Crippen molar-refractivity contribution >= 4 is 0 Å². The van der Waals surface area contributed by atoms with Crippen molar-refractivity contribution in [2.24, 2.45) is 0 Å². The first kappa shape index (κ1) is 13.2. The van der Waals surface area contributed by atoms with Gasteiger partial charge in [-0.3, -0.25) is 0 Å². The normalized spacial score (nSPS) is 13.8. The highest BCUT2D eigenvalue weighted by atomic mass is 16.3. The van der Waals surface area contributed by atoms with Crippen LogP contribution in [0.1, 0.15) is 31.1 Å². The van der Waals surface area contributed by atoms with Gasteiger partial charge in [0.1, 0.15) is 0 Å². The number of aliphatic hydroxyl groups excluding tert-OH is 2. The van der Waals surface area contributed by atoms with Gasteiger partial charge in [-0.05, 0) is 18.2 Å². The summed E-state index contributed by atoms with van der Waals surface area (Å²) in [7, 11) is 1.81. The third-order valence-electron chi connectivity index (χ3n) is 2.87. The van der Waals surface area contributed by atoms with Crippen molar-refractivity contribution in [2.45, 2.75) is 25.4 Å². The molecule has 0 spiro atoms. The van der Waals surface area contributed by atoms with E-state index in [-0.39, 0.29) is 12.0 Å². The summed E-state index contributed by atoms with van der Waals surface area (Å²) in [6.07, 6.45) is -0.476. The molecular formula is C13H21NO2. The highest BCUT2D eigenvalue weighted by Crippen LogP contribution is 2.24. The Hall–Kier alpha value is -0.900. The maximum absolute atomic E-state index is 9.76. The van der Waals surface area contributed by atoms with Crippen LogP contribution in [0, 0.1) is 0 Å². The summed E-state index contributed by atoms with van der Waals surface area (Å²) in [6, 6.07) is 7.75. The van der Waals surface area contributed by atoms with E-state index >= 15 is 0 Å². The number of aliphatic hydroxyl groups is 2. The Morgan fingerprint density at radius 2 is 1.81 bits per heavy atom. The molecule has 0 amide bonds. The first-order valence-electron chi connectivity index (χ1n) is 5.55. The van der Waals surface area contributed by atoms with Crippen LogP contribution in [0.3, 0.4) is 0 Å². The average Bonchev–Trinajstić information content (AvgIpc) is 2.29. The number of nitrogens with one attached hydrogen (secondary N) is 1. The van der Waals surface area contributed by atoms with E-state index in [1.807, 2.05) is 45.2 Å². The molecule has 0 saturated heterocycles. The fourth-order valence-electron chi connectivity index (χ4n) is 1.56. The zero-order chi connectivity index (χ0) is 12.2. The molecule has 3 nitrogen and oxygen atoms in total. The Morgan fingerprint density at radius 1 is 1.25 bits per heavy atom. The summed E-state index contributed by atoms with van der Waals surface area (Å²) >= 11 is 0. The van der Waals surface area contributed by atoms with Gasteiger partial charge < -0.3 is 15.5 Å². The van der Waals surface area contributed by atoms with Gasteiger partial charge in [0.2, 0.25) is 0 Å². The van der Waals surface area contributed by atoms with Crippen molar-refractivity contribution in [1.29, 1.82) is 0 Å². The van der Waals surface area contributed by atoms with Crippen LogP contribution in [0.4, 0.5) is 0 Å². The van der Waals surface area contributed by atoms with Gasteiger partial charge in [-0.2, -0.15) is 0 Å². The molecule has 3 heteroatoms. The summed E-state index contributed by atoms with van der Waals surface area (Å²) in [5, 5.41) is 21.9. The van der Waals surface area contributed by atoms with Crippen LogP contribution in [0.15, 0.2) is 24.3 Å². The van der Waals surface area contributed by atoms with Gasteiger partial charge >= 0.3 is 0 Å². The second-order valence-corrected chi connectivity index (χ2v) is 4.74. The van der Waals surface area contributed by atoms with E-state index in [0.717, 1.165) is 11.1 Å². The van der Waals surface area contributed by atoms with Crippen molar-refractivity contribution in [2.75, 3.05) is 20.2 Å². The number of hydrogen-bond donors (Lipinski definition) is 3. The molecule has 0 radical (unpaired) electrons. The van der Waals surface area contributed by atoms with Crippen LogP contribution in [0.2, 0.25) is 0 Å². The molecule has 90 valence electrons. The van der Waals surface area contributed by atoms with Crippen LogP contribution >= 0.6 is 0 Å². The number of benzene rings is 1. The molecule has 1 atom stereocenters. The molecule has 0 bridgehead atoms. The van der Waals surface area contributed by atoms with Gasteiger partial charge in [0, 0.05) is 12.0 Å². The summed E-state index contributed by atoms with van der Waals surface area (Å²) < 4.78 is 0. The first-order chi connectivity index (χ1) is 7.51. The second-order valence-electron chi connectivity index (χ2n) is 4.74. The van der Waals surface area contributed by atoms with E-state index in [9.17, 15) is 10.2 Å². The van der Waals surface area contributed by atoms with Crippen LogP contribution in [0.25, 0.3) is 0 Å². The molecule has 3 N–H and O–H groups in total. The summed E-state index contributed by atoms with van der Waals surface area (Å²) in [6.45, 7) is 4.65. The maximum atomic E-state index is 9.76. The van der Waals surface area contributed by atoms with E-state index in [4.69, 9.17) is 0 Å². The standard InChI is InChI=1S/C13H21NO2/c1-13(2,9-15)11-6-4-10(5-7-11)12(16)8-14-3/h4-7,12,14-16H,8-9H2,1-3H3. The first-order valence-corrected chi connectivity index (χ1v) is 5.55. The van der Waals surface area contributed by atoms with Gasteiger partial charge in [0.05, 0.1) is 12.7 Å². The predicted octanol–water partition coefficient (Wildman–Crippen LogP) is 1.21. The average molecular weight is 223 g/mol. The van der Waals surface area contributed by atoms with E-state index in [1.54, 1.807) is 0 Å². The van der Waals surface area contributed by atoms with Crippen molar-refractivity contribution in [3.05, 3.63) is 35.4 Å². The number of hydrogen-bond acceptors (Lipinski definition) is 3. The topological polar surface area (TPSA) is 52.5 Å². The van der Waals surface area contributed by atoms with Gasteiger partial charge in [-0.25, -0.2) is 0 Å². The van der Waals surface area contributed by atoms with E-state index in [0.29, 0.717) is 6.54 Å². The van der Waals surface area contributed by atoms with Crippen LogP contribution in [0.5, 0.6) is 0 Å². The summed E-state index contributed by atoms with van der Waals surface area (Å²) in [4.78, 5) is 0. The molecule has 16 heavy (non-hydrogen) atoms. The minimum Gasteiger partial charge on any atom is -0.395 e. The molecule has 0 aliphatic carbocycles. The Labute approximate surface area is 97.1 Å². The van der Waals surface area contributed by atoms with Crippen molar-refractivity contribution in [3.8, 4) is 0 Å². The second kappa shape index (κ2) is 5.43. The number of likely N-dealkylation sites (N-methyl/N-ethyl adjacent to an activating group) is 1. The van der Waals surface area contributed by atoms with Crippen molar-refractivity contribution in [1.82, 2.24) is 5.32 Å². The molecule has 0 aliphatic rings. The zero-order valence-electron chi connectivity index (χ0n) is 10.2. The predicted molar refractivity (Wildman–Crippen MR) is 65.4 cm³/mol. The van der Waals surface area contributed by atoms with Crippen LogP contribution < -0.4 is 5.32 Å². The Kier molecular flexibility index (Phi) is 4.47. The SMILES string of the molecule is CNCC(O)c1ccc(C(C)(C)CO)cc1. The van der Waals surface area contributed by atoms with Gasteiger partial charge in [0.15, 0.2) is 0 Å². The Bertz CT molecular complexity index is 319. The molecule has 1 rings (SSSR count). The molecule has 1 aromatic carbocycles. The highest BCUT2D eigenvalue weighted by Gasteiger charge is 2.19. The molecular weight excluding hydrogens is 202 g/mol. The van der Waals surface area contributed by atoms with Gasteiger partial charge in [0.25, 0.3) is 0 Å². The van der Waals surface area contributed by atoms with Gasteiger partial charge in [-0.15, -0.1) is 0 Å². The van der Waals surface area contributed by atoms with Gasteiger partial charge in [-0.1, -0.05) is 38.1 Å². The lowest BCUT2D eigenvalue weighted by Crippen LogP contribution is -2.22. The van der Waals surface area contributed by atoms with E-state index in [2.05, 4.69) is 5.32 Å². The lowest BCUT2D eigenvalue weighted by molar-refractivity contribution is 0.177. The zero-order valence-corrected chi connectivity index (χ0v) is 10.2. The van der Waals surface area contributed by atoms with Crippen LogP contribution in [-0.2, 0) is 5.41 Å². The highest BCUT2D eigenvalue weighted by molar-refractivity contribution is 5.29. The molecule has 0 saturated carbocycles. The minimum absolute atomic E-state index is 0.116. The quantitative estimate of drug-likeness (QED) is 0.703. The van der Waals surface area contributed by atoms with Crippen molar-refractivity contribution in [3.63, 3.8) is 0 Å². The van der Waals surface area contributed by atoms with E-state index in [1.165, 1.54) is 0 Å². The maximum Gasteiger partial charge on any atom is 0.0914 e. The lowest BCUT2D eigenvalue weighted by atomic mass is 9.85. The Morgan fingerprint density at radius 3 is 2.25 bits per heavy atom. The molecule has 0 aromatic heterocycles. The Balaban J connectivity index is 2.83. The van der Waals surface area contributed by atoms with E-state index < -0.39 is 6.10 Å². The summed E-state index contributed by atoms with van der Waals surface area (Å²) in [5.41, 5.74) is 1.74. The minimum atomic E-state index is -0.476. The molecule has 0 aliphatic heterocycles. The molecule has 0 heterocycles. The monoisotopic (exact) mass is 223 g/mol. The molecule has 1 unspecified atom stereocenters. The van der Waals surface area contributed by atoms with Crippen LogP contribution in [-0.4, -0.2) is 30.4 Å². The fourth-order valence-corrected chi connectivity index (χ4v) is 1.56. The van der Waals surface area contributed by atoms with Crippen molar-refractivity contribution < 1.29 is 10.2 Å². The largest absolute Gasteiger partial charge is 0.395 e. The molecule has 1 aromatic rings. The smallest absolute Gasteiger partial charge is 0.0914 e.